The lowest BCUT2D eigenvalue weighted by atomic mass is 9.88. The van der Waals surface area contributed by atoms with E-state index in [2.05, 4.69) is 82.4 Å². The SMILES string of the molecule is CCCc1[c]nc(CC)c(-c2ccc(C)cc2)c1-c1ccc(C)cc1. The van der Waals surface area contributed by atoms with Crippen LogP contribution in [0.1, 0.15) is 42.7 Å². The summed E-state index contributed by atoms with van der Waals surface area (Å²) in [4.78, 5) is 4.69. The Morgan fingerprint density at radius 3 is 1.76 bits per heavy atom. The van der Waals surface area contributed by atoms with Crippen LogP contribution in [0.4, 0.5) is 0 Å². The second kappa shape index (κ2) is 7.65. The molecule has 0 unspecified atom stereocenters. The molecular formula is C24H26N. The standard InChI is InChI=1S/C24H26N/c1-5-7-21-16-25-22(6-2)24(20-14-10-18(4)11-15-20)23(21)19-12-8-17(3)9-13-19/h8-15H,5-7H2,1-4H3. The third-order valence-corrected chi connectivity index (χ3v) is 4.68. The second-order valence-corrected chi connectivity index (χ2v) is 6.73. The molecule has 1 heterocycles. The van der Waals surface area contributed by atoms with E-state index < -0.39 is 0 Å². The van der Waals surface area contributed by atoms with Crippen LogP contribution in [0.15, 0.2) is 48.5 Å². The van der Waals surface area contributed by atoms with Gasteiger partial charge in [0.2, 0.25) is 0 Å². The van der Waals surface area contributed by atoms with E-state index in [1.807, 2.05) is 0 Å². The van der Waals surface area contributed by atoms with Gasteiger partial charge >= 0.3 is 0 Å². The van der Waals surface area contributed by atoms with Crippen LogP contribution in [-0.4, -0.2) is 4.98 Å². The van der Waals surface area contributed by atoms with Crippen LogP contribution in [0.5, 0.6) is 0 Å². The summed E-state index contributed by atoms with van der Waals surface area (Å²) in [6.07, 6.45) is 6.34. The Kier molecular flexibility index (Phi) is 5.33. The van der Waals surface area contributed by atoms with Crippen molar-refractivity contribution in [2.24, 2.45) is 0 Å². The average molecular weight is 328 g/mol. The van der Waals surface area contributed by atoms with Crippen molar-refractivity contribution in [3.63, 3.8) is 0 Å². The molecule has 0 N–H and O–H groups in total. The molecule has 0 saturated heterocycles. The van der Waals surface area contributed by atoms with Gasteiger partial charge in [-0.1, -0.05) is 79.9 Å². The molecule has 25 heavy (non-hydrogen) atoms. The second-order valence-electron chi connectivity index (χ2n) is 6.73. The van der Waals surface area contributed by atoms with E-state index in [0.29, 0.717) is 0 Å². The van der Waals surface area contributed by atoms with Crippen molar-refractivity contribution in [2.45, 2.75) is 47.0 Å². The molecule has 3 rings (SSSR count). The number of aryl methyl sites for hydroxylation is 4. The fourth-order valence-electron chi connectivity index (χ4n) is 3.30. The van der Waals surface area contributed by atoms with Crippen molar-refractivity contribution in [3.05, 3.63) is 77.1 Å². The molecule has 0 atom stereocenters. The largest absolute Gasteiger partial charge is 0.250 e. The molecule has 2 aromatic carbocycles. The van der Waals surface area contributed by atoms with Gasteiger partial charge in [-0.2, -0.15) is 0 Å². The van der Waals surface area contributed by atoms with E-state index >= 15 is 0 Å². The number of nitrogens with zero attached hydrogens (tertiary/aromatic N) is 1. The first-order valence-electron chi connectivity index (χ1n) is 9.21. The summed E-state index contributed by atoms with van der Waals surface area (Å²) in [5, 5.41) is 0. The maximum Gasteiger partial charge on any atom is 0.0931 e. The quantitative estimate of drug-likeness (QED) is 0.532. The van der Waals surface area contributed by atoms with E-state index in [9.17, 15) is 0 Å². The summed E-state index contributed by atoms with van der Waals surface area (Å²) in [5.41, 5.74) is 9.99. The molecule has 1 aromatic heterocycles. The van der Waals surface area contributed by atoms with Crippen molar-refractivity contribution in [1.29, 1.82) is 0 Å². The molecule has 1 heteroatoms. The molecule has 127 valence electrons. The molecule has 0 spiro atoms. The van der Waals surface area contributed by atoms with Crippen LogP contribution in [0.2, 0.25) is 0 Å². The zero-order valence-corrected chi connectivity index (χ0v) is 15.7. The number of aromatic nitrogens is 1. The molecule has 0 aliphatic carbocycles. The van der Waals surface area contributed by atoms with Gasteiger partial charge in [-0.25, -0.2) is 0 Å². The van der Waals surface area contributed by atoms with Crippen LogP contribution >= 0.6 is 0 Å². The monoisotopic (exact) mass is 328 g/mol. The number of hydrogen-bond donors (Lipinski definition) is 0. The van der Waals surface area contributed by atoms with Gasteiger partial charge in [0.1, 0.15) is 0 Å². The summed E-state index contributed by atoms with van der Waals surface area (Å²) in [7, 11) is 0. The highest BCUT2D eigenvalue weighted by Crippen LogP contribution is 2.37. The van der Waals surface area contributed by atoms with Crippen LogP contribution in [0, 0.1) is 20.0 Å². The van der Waals surface area contributed by atoms with E-state index in [1.54, 1.807) is 0 Å². The van der Waals surface area contributed by atoms with Crippen LogP contribution in [0.3, 0.4) is 0 Å². The smallest absolute Gasteiger partial charge is 0.0931 e. The summed E-state index contributed by atoms with van der Waals surface area (Å²) in [5.74, 6) is 0. The van der Waals surface area contributed by atoms with Crippen molar-refractivity contribution in [2.75, 3.05) is 0 Å². The predicted molar refractivity (Wildman–Crippen MR) is 107 cm³/mol. The zero-order valence-electron chi connectivity index (χ0n) is 15.7. The lowest BCUT2D eigenvalue weighted by Crippen LogP contribution is -2.01. The predicted octanol–water partition coefficient (Wildman–Crippen LogP) is 6.35. The van der Waals surface area contributed by atoms with Gasteiger partial charge < -0.3 is 0 Å². The van der Waals surface area contributed by atoms with Gasteiger partial charge in [-0.05, 0) is 48.9 Å². The molecule has 0 amide bonds. The molecule has 0 fully saturated rings. The van der Waals surface area contributed by atoms with Crippen molar-refractivity contribution < 1.29 is 0 Å². The van der Waals surface area contributed by atoms with Crippen LogP contribution in [-0.2, 0) is 12.8 Å². The topological polar surface area (TPSA) is 12.9 Å². The van der Waals surface area contributed by atoms with Gasteiger partial charge in [-0.3, -0.25) is 4.98 Å². The number of hydrogen-bond acceptors (Lipinski definition) is 1. The molecule has 0 aliphatic rings. The first-order valence-corrected chi connectivity index (χ1v) is 9.21. The molecule has 0 bridgehead atoms. The van der Waals surface area contributed by atoms with Crippen LogP contribution < -0.4 is 0 Å². The minimum absolute atomic E-state index is 0.908. The molecule has 3 aromatic rings. The van der Waals surface area contributed by atoms with Crippen molar-refractivity contribution in [1.82, 2.24) is 4.98 Å². The number of rotatable bonds is 5. The lowest BCUT2D eigenvalue weighted by Gasteiger charge is -2.18. The first-order chi connectivity index (χ1) is 12.1. The van der Waals surface area contributed by atoms with E-state index in [0.717, 1.165) is 25.0 Å². The Morgan fingerprint density at radius 1 is 0.760 bits per heavy atom. The lowest BCUT2D eigenvalue weighted by molar-refractivity contribution is 0.904. The highest BCUT2D eigenvalue weighted by molar-refractivity contribution is 5.87. The number of pyridine rings is 1. The fraction of sp³-hybridized carbons (Fsp3) is 0.292. The maximum absolute atomic E-state index is 4.69. The third kappa shape index (κ3) is 3.66. The Hall–Kier alpha value is -2.41. The first kappa shape index (κ1) is 17.4. The van der Waals surface area contributed by atoms with E-state index in [4.69, 9.17) is 4.98 Å². The molecule has 0 saturated carbocycles. The molecule has 1 nitrogen and oxygen atoms in total. The van der Waals surface area contributed by atoms with Gasteiger partial charge in [0.05, 0.1) is 6.20 Å². The summed E-state index contributed by atoms with van der Waals surface area (Å²) >= 11 is 0. The fourth-order valence-corrected chi connectivity index (χ4v) is 3.30. The Balaban J connectivity index is 2.31. The normalized spacial score (nSPS) is 10.9. The van der Waals surface area contributed by atoms with E-state index in [1.165, 1.54) is 38.9 Å². The molecular weight excluding hydrogens is 302 g/mol. The Labute approximate surface area is 151 Å². The van der Waals surface area contributed by atoms with Crippen molar-refractivity contribution >= 4 is 0 Å². The van der Waals surface area contributed by atoms with Gasteiger partial charge in [-0.15, -0.1) is 0 Å². The third-order valence-electron chi connectivity index (χ3n) is 4.68. The highest BCUT2D eigenvalue weighted by Gasteiger charge is 2.17. The summed E-state index contributed by atoms with van der Waals surface area (Å²) in [6, 6.07) is 17.7. The Bertz CT molecular complexity index is 843. The van der Waals surface area contributed by atoms with Crippen LogP contribution in [0.25, 0.3) is 22.3 Å². The molecule has 1 radical (unpaired) electrons. The van der Waals surface area contributed by atoms with Gasteiger partial charge in [0.25, 0.3) is 0 Å². The highest BCUT2D eigenvalue weighted by atomic mass is 14.7. The maximum atomic E-state index is 4.69. The van der Waals surface area contributed by atoms with Crippen molar-refractivity contribution in [3.8, 4) is 22.3 Å². The van der Waals surface area contributed by atoms with Gasteiger partial charge in [0, 0.05) is 11.3 Å². The minimum Gasteiger partial charge on any atom is -0.250 e. The molecule has 0 aliphatic heterocycles. The summed E-state index contributed by atoms with van der Waals surface area (Å²) < 4.78 is 0. The average Bonchev–Trinajstić information content (AvgIpc) is 2.63. The number of benzene rings is 2. The van der Waals surface area contributed by atoms with E-state index in [-0.39, 0.29) is 0 Å². The van der Waals surface area contributed by atoms with Gasteiger partial charge in [0.15, 0.2) is 0 Å². The minimum atomic E-state index is 0.908. The Morgan fingerprint density at radius 2 is 1.28 bits per heavy atom. The summed E-state index contributed by atoms with van der Waals surface area (Å²) in [6.45, 7) is 8.65. The zero-order chi connectivity index (χ0) is 17.8.